The van der Waals surface area contributed by atoms with Crippen LogP contribution in [0.25, 0.3) is 0 Å². The van der Waals surface area contributed by atoms with Gasteiger partial charge in [-0.25, -0.2) is 0 Å². The van der Waals surface area contributed by atoms with E-state index in [1.54, 1.807) is 7.11 Å². The van der Waals surface area contributed by atoms with Crippen molar-refractivity contribution in [2.24, 2.45) is 0 Å². The Kier molecular flexibility index (Phi) is 5.34. The van der Waals surface area contributed by atoms with E-state index in [2.05, 4.69) is 44.5 Å². The summed E-state index contributed by atoms with van der Waals surface area (Å²) in [5, 5.41) is 6.37. The number of nitrogens with one attached hydrogen (secondary N) is 2. The summed E-state index contributed by atoms with van der Waals surface area (Å²) in [7, 11) is 3.71. The standard InChI is InChI=1S/C13H24N6O/c1-4-7-14-11-16-12(18-13(17-11)20-3)15-8-9-19(2)10-5-6-10/h10H,4-9H2,1-3H3,(H2,14,15,16,17,18). The third kappa shape index (κ3) is 4.48. The second-order valence-corrected chi connectivity index (χ2v) is 5.03. The SMILES string of the molecule is CCCNc1nc(NCCN(C)C2CC2)nc(OC)n1. The lowest BCUT2D eigenvalue weighted by Crippen LogP contribution is -2.27. The Morgan fingerprint density at radius 1 is 1.15 bits per heavy atom. The van der Waals surface area contributed by atoms with Crippen LogP contribution in [0.5, 0.6) is 6.01 Å². The molecular weight excluding hydrogens is 256 g/mol. The Morgan fingerprint density at radius 3 is 2.35 bits per heavy atom. The molecule has 0 atom stereocenters. The fraction of sp³-hybridized carbons (Fsp3) is 0.769. The van der Waals surface area contributed by atoms with Crippen molar-refractivity contribution < 1.29 is 4.74 Å². The smallest absolute Gasteiger partial charge is 0.322 e. The zero-order chi connectivity index (χ0) is 14.4. The molecule has 0 saturated heterocycles. The molecule has 0 amide bonds. The minimum atomic E-state index is 0.330. The van der Waals surface area contributed by atoms with E-state index in [-0.39, 0.29) is 0 Å². The molecule has 7 heteroatoms. The molecule has 1 heterocycles. The first-order valence-electron chi connectivity index (χ1n) is 7.21. The summed E-state index contributed by atoms with van der Waals surface area (Å²) < 4.78 is 5.10. The van der Waals surface area contributed by atoms with Gasteiger partial charge < -0.3 is 20.3 Å². The largest absolute Gasteiger partial charge is 0.467 e. The minimum absolute atomic E-state index is 0.330. The van der Waals surface area contributed by atoms with Crippen LogP contribution < -0.4 is 15.4 Å². The maximum Gasteiger partial charge on any atom is 0.322 e. The lowest BCUT2D eigenvalue weighted by molar-refractivity contribution is 0.336. The second kappa shape index (κ2) is 7.23. The van der Waals surface area contributed by atoms with Gasteiger partial charge in [0.05, 0.1) is 7.11 Å². The zero-order valence-electron chi connectivity index (χ0n) is 12.5. The summed E-state index contributed by atoms with van der Waals surface area (Å²) in [6.07, 6.45) is 3.66. The van der Waals surface area contributed by atoms with Crippen LogP contribution in [0.4, 0.5) is 11.9 Å². The first-order chi connectivity index (χ1) is 9.72. The summed E-state index contributed by atoms with van der Waals surface area (Å²) in [5.41, 5.74) is 0. The van der Waals surface area contributed by atoms with E-state index >= 15 is 0 Å². The van der Waals surface area contributed by atoms with Crippen molar-refractivity contribution in [3.8, 4) is 6.01 Å². The van der Waals surface area contributed by atoms with Gasteiger partial charge in [-0.3, -0.25) is 0 Å². The molecule has 0 bridgehead atoms. The minimum Gasteiger partial charge on any atom is -0.467 e. The molecule has 1 aliphatic rings. The van der Waals surface area contributed by atoms with Crippen LogP contribution >= 0.6 is 0 Å². The number of aromatic nitrogens is 3. The Balaban J connectivity index is 1.87. The second-order valence-electron chi connectivity index (χ2n) is 5.03. The molecule has 20 heavy (non-hydrogen) atoms. The van der Waals surface area contributed by atoms with E-state index in [1.807, 2.05) is 0 Å². The van der Waals surface area contributed by atoms with Crippen molar-refractivity contribution in [3.05, 3.63) is 0 Å². The fourth-order valence-corrected chi connectivity index (χ4v) is 1.88. The number of anilines is 2. The molecule has 0 aliphatic heterocycles. The summed E-state index contributed by atoms with van der Waals surface area (Å²) in [5.74, 6) is 1.11. The number of likely N-dealkylation sites (N-methyl/N-ethyl adjacent to an activating group) is 1. The Bertz CT molecular complexity index is 423. The highest BCUT2D eigenvalue weighted by atomic mass is 16.5. The van der Waals surface area contributed by atoms with Gasteiger partial charge in [-0.2, -0.15) is 15.0 Å². The predicted octanol–water partition coefficient (Wildman–Crippen LogP) is 1.21. The van der Waals surface area contributed by atoms with E-state index < -0.39 is 0 Å². The number of methoxy groups -OCH3 is 1. The van der Waals surface area contributed by atoms with Crippen molar-refractivity contribution in [1.29, 1.82) is 0 Å². The molecule has 0 aromatic carbocycles. The first kappa shape index (κ1) is 14.8. The average molecular weight is 280 g/mol. The van der Waals surface area contributed by atoms with Gasteiger partial charge in [-0.15, -0.1) is 0 Å². The number of hydrogen-bond donors (Lipinski definition) is 2. The molecule has 0 spiro atoms. The molecule has 7 nitrogen and oxygen atoms in total. The monoisotopic (exact) mass is 280 g/mol. The topological polar surface area (TPSA) is 75.2 Å². The molecule has 1 aliphatic carbocycles. The highest BCUT2D eigenvalue weighted by Gasteiger charge is 2.25. The summed E-state index contributed by atoms with van der Waals surface area (Å²) in [4.78, 5) is 15.1. The normalized spacial score (nSPS) is 14.4. The van der Waals surface area contributed by atoms with E-state index in [4.69, 9.17) is 4.74 Å². The van der Waals surface area contributed by atoms with E-state index in [0.29, 0.717) is 17.9 Å². The van der Waals surface area contributed by atoms with Crippen molar-refractivity contribution in [1.82, 2.24) is 19.9 Å². The lowest BCUT2D eigenvalue weighted by Gasteiger charge is -2.16. The van der Waals surface area contributed by atoms with Crippen LogP contribution in [0.1, 0.15) is 26.2 Å². The van der Waals surface area contributed by atoms with E-state index in [1.165, 1.54) is 12.8 Å². The van der Waals surface area contributed by atoms with Crippen molar-refractivity contribution >= 4 is 11.9 Å². The van der Waals surface area contributed by atoms with Crippen LogP contribution in [0.3, 0.4) is 0 Å². The average Bonchev–Trinajstić information content (AvgIpc) is 3.29. The van der Waals surface area contributed by atoms with Crippen molar-refractivity contribution in [2.75, 3.05) is 44.4 Å². The number of nitrogens with zero attached hydrogens (tertiary/aromatic N) is 4. The predicted molar refractivity (Wildman–Crippen MR) is 79.3 cm³/mol. The van der Waals surface area contributed by atoms with Gasteiger partial charge in [-0.05, 0) is 26.3 Å². The van der Waals surface area contributed by atoms with Crippen LogP contribution in [0.15, 0.2) is 0 Å². The van der Waals surface area contributed by atoms with Gasteiger partial charge in [0.2, 0.25) is 11.9 Å². The van der Waals surface area contributed by atoms with Gasteiger partial charge in [0.25, 0.3) is 0 Å². The molecule has 1 aromatic heterocycles. The van der Waals surface area contributed by atoms with Crippen LogP contribution in [0, 0.1) is 0 Å². The first-order valence-corrected chi connectivity index (χ1v) is 7.21. The molecule has 0 radical (unpaired) electrons. The molecule has 1 aromatic rings. The summed E-state index contributed by atoms with van der Waals surface area (Å²) in [6, 6.07) is 1.10. The van der Waals surface area contributed by atoms with Crippen LogP contribution in [0.2, 0.25) is 0 Å². The van der Waals surface area contributed by atoms with E-state index in [0.717, 1.165) is 32.1 Å². The Morgan fingerprint density at radius 2 is 1.80 bits per heavy atom. The van der Waals surface area contributed by atoms with Crippen LogP contribution in [-0.4, -0.2) is 59.7 Å². The van der Waals surface area contributed by atoms with Crippen molar-refractivity contribution in [3.63, 3.8) is 0 Å². The number of hydrogen-bond acceptors (Lipinski definition) is 7. The zero-order valence-corrected chi connectivity index (χ0v) is 12.5. The van der Waals surface area contributed by atoms with Gasteiger partial charge in [0, 0.05) is 25.7 Å². The highest BCUT2D eigenvalue weighted by Crippen LogP contribution is 2.24. The summed E-state index contributed by atoms with van der Waals surface area (Å²) in [6.45, 7) is 4.72. The Labute approximate surface area is 120 Å². The van der Waals surface area contributed by atoms with Crippen LogP contribution in [-0.2, 0) is 0 Å². The molecule has 1 fully saturated rings. The maximum absolute atomic E-state index is 5.10. The summed E-state index contributed by atoms with van der Waals surface area (Å²) >= 11 is 0. The maximum atomic E-state index is 5.10. The third-order valence-electron chi connectivity index (χ3n) is 3.25. The Hall–Kier alpha value is -1.63. The number of rotatable bonds is 9. The molecule has 0 unspecified atom stereocenters. The molecule has 2 rings (SSSR count). The third-order valence-corrected chi connectivity index (χ3v) is 3.25. The van der Waals surface area contributed by atoms with Crippen molar-refractivity contribution in [2.45, 2.75) is 32.2 Å². The lowest BCUT2D eigenvalue weighted by atomic mass is 10.5. The van der Waals surface area contributed by atoms with Gasteiger partial charge in [0.1, 0.15) is 0 Å². The fourth-order valence-electron chi connectivity index (χ4n) is 1.88. The van der Waals surface area contributed by atoms with Gasteiger partial charge in [-0.1, -0.05) is 6.92 Å². The molecule has 112 valence electrons. The molecule has 2 N–H and O–H groups in total. The van der Waals surface area contributed by atoms with E-state index in [9.17, 15) is 0 Å². The quantitative estimate of drug-likeness (QED) is 0.704. The molecule has 1 saturated carbocycles. The van der Waals surface area contributed by atoms with Gasteiger partial charge in [0.15, 0.2) is 0 Å². The van der Waals surface area contributed by atoms with Gasteiger partial charge >= 0.3 is 6.01 Å². The highest BCUT2D eigenvalue weighted by molar-refractivity contribution is 5.35. The molecular formula is C13H24N6O. The number of ether oxygens (including phenoxy) is 1.